The highest BCUT2D eigenvalue weighted by molar-refractivity contribution is 8.00. The molecule has 2 aromatic rings. The Kier molecular flexibility index (Phi) is 5.16. The molecule has 1 heterocycles. The predicted octanol–water partition coefficient (Wildman–Crippen LogP) is 1.58. The Labute approximate surface area is 131 Å². The van der Waals surface area contributed by atoms with Crippen LogP contribution in [0.4, 0.5) is 4.39 Å². The summed E-state index contributed by atoms with van der Waals surface area (Å²) in [5.74, 6) is 5.87. The Bertz CT molecular complexity index is 670. The number of hydrogen-bond acceptors (Lipinski definition) is 5. The summed E-state index contributed by atoms with van der Waals surface area (Å²) in [7, 11) is 0. The maximum absolute atomic E-state index is 12.9. The molecule has 1 aromatic heterocycles. The van der Waals surface area contributed by atoms with Crippen LogP contribution in [0.3, 0.4) is 0 Å². The number of nitrogens with two attached hydrogens (primary N) is 1. The monoisotopic (exact) mass is 321 g/mol. The first-order valence-corrected chi connectivity index (χ1v) is 7.42. The number of thioether (sulfide) groups is 1. The number of nitrogens with zero attached hydrogens (tertiary/aromatic N) is 3. The van der Waals surface area contributed by atoms with Gasteiger partial charge in [0, 0.05) is 12.1 Å². The van der Waals surface area contributed by atoms with Gasteiger partial charge in [0.1, 0.15) is 5.82 Å². The number of nitrogen functional groups attached to an aromatic ring is 1. The minimum Gasteiger partial charge on any atom is -0.352 e. The number of amides is 1. The van der Waals surface area contributed by atoms with E-state index in [4.69, 9.17) is 5.84 Å². The quantitative estimate of drug-likeness (QED) is 0.479. The third kappa shape index (κ3) is 3.64. The summed E-state index contributed by atoms with van der Waals surface area (Å²) < 4.78 is 14.2. The number of hydrogen-bond donors (Lipinski definition) is 2. The fourth-order valence-corrected chi connectivity index (χ4v) is 2.48. The smallest absolute Gasteiger partial charge is 0.233 e. The Morgan fingerprint density at radius 2 is 2.18 bits per heavy atom. The van der Waals surface area contributed by atoms with Gasteiger partial charge in [-0.25, -0.2) is 9.07 Å². The number of nitrogens with one attached hydrogen (secondary N) is 1. The molecular weight excluding hydrogens is 305 g/mol. The van der Waals surface area contributed by atoms with Crippen molar-refractivity contribution >= 4 is 17.7 Å². The van der Waals surface area contributed by atoms with Crippen LogP contribution in [0.5, 0.6) is 0 Å². The molecule has 0 fully saturated rings. The number of benzene rings is 1. The van der Waals surface area contributed by atoms with Crippen molar-refractivity contribution in [2.75, 3.05) is 12.4 Å². The molecule has 22 heavy (non-hydrogen) atoms. The molecule has 6 nitrogen and oxygen atoms in total. The molecule has 0 aliphatic heterocycles. The van der Waals surface area contributed by atoms with E-state index >= 15 is 0 Å². The van der Waals surface area contributed by atoms with Crippen molar-refractivity contribution in [3.8, 4) is 11.4 Å². The summed E-state index contributed by atoms with van der Waals surface area (Å²) in [6, 6.07) is 5.78. The van der Waals surface area contributed by atoms with Crippen LogP contribution in [0.25, 0.3) is 11.4 Å². The van der Waals surface area contributed by atoms with E-state index < -0.39 is 0 Å². The number of halogens is 1. The topological polar surface area (TPSA) is 85.8 Å². The molecule has 116 valence electrons. The van der Waals surface area contributed by atoms with Crippen molar-refractivity contribution in [3.63, 3.8) is 0 Å². The average Bonchev–Trinajstić information content (AvgIpc) is 2.86. The van der Waals surface area contributed by atoms with Crippen LogP contribution in [0.1, 0.15) is 6.92 Å². The van der Waals surface area contributed by atoms with Gasteiger partial charge in [0.2, 0.25) is 11.1 Å². The maximum Gasteiger partial charge on any atom is 0.233 e. The van der Waals surface area contributed by atoms with Gasteiger partial charge in [0.05, 0.1) is 5.25 Å². The van der Waals surface area contributed by atoms with Gasteiger partial charge in [-0.15, -0.1) is 16.8 Å². The maximum atomic E-state index is 12.9. The van der Waals surface area contributed by atoms with Crippen LogP contribution >= 0.6 is 11.8 Å². The summed E-state index contributed by atoms with van der Waals surface area (Å²) in [6.45, 7) is 5.69. The molecule has 0 saturated carbocycles. The van der Waals surface area contributed by atoms with Crippen molar-refractivity contribution in [1.82, 2.24) is 20.2 Å². The summed E-state index contributed by atoms with van der Waals surface area (Å²) in [5.41, 5.74) is 0.645. The van der Waals surface area contributed by atoms with Crippen LogP contribution < -0.4 is 11.2 Å². The number of carbonyl (C=O) groups excluding carboxylic acids is 1. The third-order valence-corrected chi connectivity index (χ3v) is 3.90. The second kappa shape index (κ2) is 7.08. The molecule has 1 aromatic carbocycles. The van der Waals surface area contributed by atoms with E-state index in [0.29, 0.717) is 23.1 Å². The van der Waals surface area contributed by atoms with Gasteiger partial charge in [-0.05, 0) is 31.2 Å². The molecule has 1 atom stereocenters. The van der Waals surface area contributed by atoms with E-state index in [0.717, 1.165) is 0 Å². The number of aromatic nitrogens is 3. The first-order chi connectivity index (χ1) is 10.5. The van der Waals surface area contributed by atoms with E-state index in [9.17, 15) is 9.18 Å². The van der Waals surface area contributed by atoms with Gasteiger partial charge in [0.15, 0.2) is 5.82 Å². The lowest BCUT2D eigenvalue weighted by atomic mass is 10.2. The molecule has 2 rings (SSSR count). The molecule has 1 unspecified atom stereocenters. The van der Waals surface area contributed by atoms with E-state index in [1.54, 1.807) is 25.1 Å². The van der Waals surface area contributed by atoms with E-state index in [2.05, 4.69) is 22.1 Å². The van der Waals surface area contributed by atoms with Crippen molar-refractivity contribution < 1.29 is 9.18 Å². The lowest BCUT2D eigenvalue weighted by Crippen LogP contribution is -2.31. The summed E-state index contributed by atoms with van der Waals surface area (Å²) in [6.07, 6.45) is 1.60. The van der Waals surface area contributed by atoms with Crippen LogP contribution in [-0.4, -0.2) is 32.6 Å². The lowest BCUT2D eigenvalue weighted by molar-refractivity contribution is -0.120. The van der Waals surface area contributed by atoms with Crippen molar-refractivity contribution in [2.45, 2.75) is 17.3 Å². The van der Waals surface area contributed by atoms with Gasteiger partial charge in [0.25, 0.3) is 0 Å². The molecule has 0 radical (unpaired) electrons. The molecule has 1 amide bonds. The molecule has 0 bridgehead atoms. The van der Waals surface area contributed by atoms with Crippen molar-refractivity contribution in [3.05, 3.63) is 42.7 Å². The number of carbonyl (C=O) groups is 1. The zero-order valence-electron chi connectivity index (χ0n) is 12.0. The zero-order valence-corrected chi connectivity index (χ0v) is 12.8. The van der Waals surface area contributed by atoms with E-state index in [-0.39, 0.29) is 17.0 Å². The second-order valence-corrected chi connectivity index (χ2v) is 5.78. The van der Waals surface area contributed by atoms with E-state index in [1.807, 2.05) is 0 Å². The fourth-order valence-electron chi connectivity index (χ4n) is 1.68. The standard InChI is InChI=1S/C14H16FN5OS/c1-3-8-17-13(21)9(2)22-14-19-18-12(20(14)16)10-4-6-11(15)7-5-10/h3-7,9H,1,8,16H2,2H3,(H,17,21). The molecule has 8 heteroatoms. The highest BCUT2D eigenvalue weighted by atomic mass is 32.2. The molecule has 0 saturated heterocycles. The highest BCUT2D eigenvalue weighted by Gasteiger charge is 2.19. The fraction of sp³-hybridized carbons (Fsp3) is 0.214. The Morgan fingerprint density at radius 3 is 2.82 bits per heavy atom. The Hall–Kier alpha value is -2.35. The van der Waals surface area contributed by atoms with Gasteiger partial charge < -0.3 is 11.2 Å². The minimum atomic E-state index is -0.382. The predicted molar refractivity (Wildman–Crippen MR) is 84.1 cm³/mol. The van der Waals surface area contributed by atoms with Gasteiger partial charge >= 0.3 is 0 Å². The first kappa shape index (κ1) is 16.0. The first-order valence-electron chi connectivity index (χ1n) is 6.54. The molecule has 0 spiro atoms. The third-order valence-electron chi connectivity index (χ3n) is 2.84. The molecule has 3 N–H and O–H groups in total. The highest BCUT2D eigenvalue weighted by Crippen LogP contribution is 2.24. The van der Waals surface area contributed by atoms with Gasteiger partial charge in [-0.2, -0.15) is 0 Å². The zero-order chi connectivity index (χ0) is 16.1. The Balaban J connectivity index is 2.12. The SMILES string of the molecule is C=CCNC(=O)C(C)Sc1nnc(-c2ccc(F)cc2)n1N. The number of rotatable bonds is 6. The molecular formula is C14H16FN5OS. The van der Waals surface area contributed by atoms with Gasteiger partial charge in [-0.3, -0.25) is 4.79 Å². The van der Waals surface area contributed by atoms with Crippen LogP contribution in [-0.2, 0) is 4.79 Å². The Morgan fingerprint density at radius 1 is 1.50 bits per heavy atom. The molecule has 0 aliphatic carbocycles. The molecule has 0 aliphatic rings. The lowest BCUT2D eigenvalue weighted by Gasteiger charge is -2.10. The summed E-state index contributed by atoms with van der Waals surface area (Å²) >= 11 is 1.19. The van der Waals surface area contributed by atoms with E-state index in [1.165, 1.54) is 28.6 Å². The van der Waals surface area contributed by atoms with Crippen LogP contribution in [0.2, 0.25) is 0 Å². The van der Waals surface area contributed by atoms with Crippen molar-refractivity contribution in [2.24, 2.45) is 0 Å². The average molecular weight is 321 g/mol. The van der Waals surface area contributed by atoms with Crippen LogP contribution in [0, 0.1) is 5.82 Å². The van der Waals surface area contributed by atoms with Gasteiger partial charge in [-0.1, -0.05) is 17.8 Å². The second-order valence-electron chi connectivity index (χ2n) is 4.48. The summed E-state index contributed by atoms with van der Waals surface area (Å²) in [5, 5.41) is 10.7. The normalized spacial score (nSPS) is 11.9. The summed E-state index contributed by atoms with van der Waals surface area (Å²) in [4.78, 5) is 11.8. The minimum absolute atomic E-state index is 0.142. The van der Waals surface area contributed by atoms with Crippen LogP contribution in [0.15, 0.2) is 42.1 Å². The largest absolute Gasteiger partial charge is 0.352 e. The van der Waals surface area contributed by atoms with Crippen molar-refractivity contribution in [1.29, 1.82) is 0 Å².